The summed E-state index contributed by atoms with van der Waals surface area (Å²) in [5.74, 6) is 0.00430. The summed E-state index contributed by atoms with van der Waals surface area (Å²) in [6.45, 7) is 7.09. The molecule has 1 fully saturated rings. The van der Waals surface area contributed by atoms with Crippen LogP contribution in [0, 0.1) is 13.8 Å². The van der Waals surface area contributed by atoms with E-state index in [1.807, 2.05) is 41.9 Å². The van der Waals surface area contributed by atoms with Gasteiger partial charge >= 0.3 is 0 Å². The van der Waals surface area contributed by atoms with E-state index in [0.717, 1.165) is 37.9 Å². The minimum absolute atomic E-state index is 0.00430. The Labute approximate surface area is 155 Å². The van der Waals surface area contributed by atoms with Crippen LogP contribution in [-0.2, 0) is 11.3 Å². The van der Waals surface area contributed by atoms with Crippen LogP contribution in [0.4, 0.5) is 0 Å². The molecule has 3 atom stereocenters. The highest BCUT2D eigenvalue weighted by Crippen LogP contribution is 2.24. The van der Waals surface area contributed by atoms with Crippen LogP contribution in [0.2, 0.25) is 0 Å². The van der Waals surface area contributed by atoms with Crippen molar-refractivity contribution in [2.75, 3.05) is 0 Å². The van der Waals surface area contributed by atoms with Gasteiger partial charge in [-0.05, 0) is 57.7 Å². The summed E-state index contributed by atoms with van der Waals surface area (Å²) in [6.07, 6.45) is 3.97. The van der Waals surface area contributed by atoms with Crippen molar-refractivity contribution >= 4 is 5.91 Å². The minimum Gasteiger partial charge on any atom is -0.375 e. The molecule has 140 valence electrons. The molecule has 0 saturated carbocycles. The highest BCUT2D eigenvalue weighted by atomic mass is 16.5. The number of benzene rings is 1. The van der Waals surface area contributed by atoms with Crippen molar-refractivity contribution in [3.63, 3.8) is 0 Å². The second-order valence-electron chi connectivity index (χ2n) is 7.24. The highest BCUT2D eigenvalue weighted by Gasteiger charge is 2.29. The summed E-state index contributed by atoms with van der Waals surface area (Å²) in [5.41, 5.74) is 2.94. The molecule has 0 radical (unpaired) electrons. The monoisotopic (exact) mass is 355 g/mol. The molecule has 1 aromatic heterocycles. The summed E-state index contributed by atoms with van der Waals surface area (Å²) < 4.78 is 8.28. The number of aromatic nitrogens is 2. The predicted molar refractivity (Wildman–Crippen MR) is 102 cm³/mol. The number of nitrogens with one attached hydrogen (secondary N) is 1. The predicted octanol–water partition coefficient (Wildman–Crippen LogP) is 3.65. The van der Waals surface area contributed by atoms with Crippen molar-refractivity contribution in [1.82, 2.24) is 15.1 Å². The van der Waals surface area contributed by atoms with E-state index < -0.39 is 0 Å². The van der Waals surface area contributed by atoms with Gasteiger partial charge in [0.2, 0.25) is 0 Å². The van der Waals surface area contributed by atoms with Gasteiger partial charge in [-0.3, -0.25) is 9.48 Å². The lowest BCUT2D eigenvalue weighted by molar-refractivity contribution is -0.0661. The van der Waals surface area contributed by atoms with Crippen molar-refractivity contribution < 1.29 is 9.53 Å². The molecule has 3 rings (SSSR count). The first-order valence-corrected chi connectivity index (χ1v) is 9.57. The highest BCUT2D eigenvalue weighted by molar-refractivity contribution is 5.94. The molecule has 1 N–H and O–H groups in total. The number of nitrogens with zero attached hydrogens (tertiary/aromatic N) is 2. The second kappa shape index (κ2) is 8.49. The first kappa shape index (κ1) is 18.6. The quantitative estimate of drug-likeness (QED) is 0.860. The molecular formula is C21H29N3O2. The van der Waals surface area contributed by atoms with E-state index in [0.29, 0.717) is 5.56 Å². The molecule has 0 aliphatic carbocycles. The molecule has 5 heteroatoms. The number of rotatable bonds is 6. The van der Waals surface area contributed by atoms with Crippen LogP contribution in [0.15, 0.2) is 36.4 Å². The van der Waals surface area contributed by atoms with Gasteiger partial charge in [-0.2, -0.15) is 5.10 Å². The van der Waals surface area contributed by atoms with Gasteiger partial charge in [-0.15, -0.1) is 0 Å². The van der Waals surface area contributed by atoms with Crippen LogP contribution >= 0.6 is 0 Å². The van der Waals surface area contributed by atoms with Crippen LogP contribution < -0.4 is 5.32 Å². The number of carbonyl (C=O) groups is 1. The third-order valence-electron chi connectivity index (χ3n) is 5.07. The molecule has 5 nitrogen and oxygen atoms in total. The lowest BCUT2D eigenvalue weighted by Gasteiger charge is -2.35. The number of aryl methyl sites for hydroxylation is 3. The molecule has 1 aromatic carbocycles. The Balaban J connectivity index is 1.59. The number of ether oxygens (including phenoxy) is 1. The third-order valence-corrected chi connectivity index (χ3v) is 5.07. The van der Waals surface area contributed by atoms with E-state index in [2.05, 4.69) is 30.3 Å². The largest absolute Gasteiger partial charge is 0.375 e. The molecule has 0 unspecified atom stereocenters. The lowest BCUT2D eigenvalue weighted by atomic mass is 9.95. The fourth-order valence-corrected chi connectivity index (χ4v) is 3.71. The SMILES string of the molecule is CC[C@@H]1C[C@H](NC(=O)c2ccccc2)C[C@H](CCn2nc(C)cc2C)O1. The summed E-state index contributed by atoms with van der Waals surface area (Å²) in [7, 11) is 0. The molecule has 1 amide bonds. The number of amides is 1. The molecule has 0 spiro atoms. The molecular weight excluding hydrogens is 326 g/mol. The maximum atomic E-state index is 12.5. The van der Waals surface area contributed by atoms with Gasteiger partial charge in [0.05, 0.1) is 17.9 Å². The third kappa shape index (κ3) is 4.73. The van der Waals surface area contributed by atoms with Crippen LogP contribution in [0.5, 0.6) is 0 Å². The average molecular weight is 355 g/mol. The topological polar surface area (TPSA) is 56.2 Å². The Bertz CT molecular complexity index is 726. The van der Waals surface area contributed by atoms with Gasteiger partial charge in [-0.25, -0.2) is 0 Å². The standard InChI is InChI=1S/C21H29N3O2/c1-4-19-13-18(22-21(25)17-8-6-5-7-9-17)14-20(26-19)10-11-24-16(3)12-15(2)23-24/h5-9,12,18-20H,4,10-11,13-14H2,1-3H3,(H,22,25)/t18-,19+,20-/m0/s1. The van der Waals surface area contributed by atoms with E-state index in [9.17, 15) is 4.79 Å². The minimum atomic E-state index is 0.00430. The van der Waals surface area contributed by atoms with Gasteiger partial charge in [0.1, 0.15) is 0 Å². The van der Waals surface area contributed by atoms with Crippen LogP contribution in [0.3, 0.4) is 0 Å². The zero-order valence-corrected chi connectivity index (χ0v) is 15.9. The normalized spacial score (nSPS) is 23.0. The Kier molecular flexibility index (Phi) is 6.09. The smallest absolute Gasteiger partial charge is 0.251 e. The average Bonchev–Trinajstić information content (AvgIpc) is 2.97. The summed E-state index contributed by atoms with van der Waals surface area (Å²) in [6, 6.07) is 11.7. The van der Waals surface area contributed by atoms with Gasteiger partial charge in [0, 0.05) is 23.8 Å². The fourth-order valence-electron chi connectivity index (χ4n) is 3.71. The maximum absolute atomic E-state index is 12.5. The van der Waals surface area contributed by atoms with Crippen molar-refractivity contribution in [2.45, 2.75) is 71.2 Å². The van der Waals surface area contributed by atoms with Crippen LogP contribution in [0.1, 0.15) is 54.4 Å². The van der Waals surface area contributed by atoms with Crippen molar-refractivity contribution in [3.05, 3.63) is 53.3 Å². The van der Waals surface area contributed by atoms with Crippen LogP contribution in [0.25, 0.3) is 0 Å². The van der Waals surface area contributed by atoms with E-state index in [1.54, 1.807) is 0 Å². The van der Waals surface area contributed by atoms with Gasteiger partial charge in [-0.1, -0.05) is 25.1 Å². The summed E-state index contributed by atoms with van der Waals surface area (Å²) in [5, 5.41) is 7.73. The summed E-state index contributed by atoms with van der Waals surface area (Å²) in [4.78, 5) is 12.5. The fraction of sp³-hybridized carbons (Fsp3) is 0.524. The van der Waals surface area contributed by atoms with E-state index in [4.69, 9.17) is 4.74 Å². The molecule has 2 heterocycles. The zero-order chi connectivity index (χ0) is 18.5. The molecule has 2 aromatic rings. The Morgan fingerprint density at radius 2 is 1.96 bits per heavy atom. The van der Waals surface area contributed by atoms with Crippen molar-refractivity contribution in [3.8, 4) is 0 Å². The van der Waals surface area contributed by atoms with Crippen molar-refractivity contribution in [2.24, 2.45) is 0 Å². The zero-order valence-electron chi connectivity index (χ0n) is 15.9. The lowest BCUT2D eigenvalue weighted by Crippen LogP contribution is -2.45. The number of hydrogen-bond donors (Lipinski definition) is 1. The molecule has 26 heavy (non-hydrogen) atoms. The number of hydrogen-bond acceptors (Lipinski definition) is 3. The molecule has 1 aliphatic heterocycles. The summed E-state index contributed by atoms with van der Waals surface area (Å²) >= 11 is 0. The first-order valence-electron chi connectivity index (χ1n) is 9.57. The van der Waals surface area contributed by atoms with Gasteiger partial charge in [0.15, 0.2) is 0 Å². The maximum Gasteiger partial charge on any atom is 0.251 e. The number of carbonyl (C=O) groups excluding carboxylic acids is 1. The molecule has 0 bridgehead atoms. The van der Waals surface area contributed by atoms with Gasteiger partial charge < -0.3 is 10.1 Å². The molecule has 1 aliphatic rings. The molecule has 1 saturated heterocycles. The van der Waals surface area contributed by atoms with Crippen molar-refractivity contribution in [1.29, 1.82) is 0 Å². The van der Waals surface area contributed by atoms with E-state index >= 15 is 0 Å². The Morgan fingerprint density at radius 3 is 2.62 bits per heavy atom. The van der Waals surface area contributed by atoms with E-state index in [1.165, 1.54) is 5.69 Å². The van der Waals surface area contributed by atoms with Gasteiger partial charge in [0.25, 0.3) is 5.91 Å². The van der Waals surface area contributed by atoms with E-state index in [-0.39, 0.29) is 24.2 Å². The first-order chi connectivity index (χ1) is 12.5. The Morgan fingerprint density at radius 1 is 1.23 bits per heavy atom. The van der Waals surface area contributed by atoms with Crippen LogP contribution in [-0.4, -0.2) is 33.9 Å². The second-order valence-corrected chi connectivity index (χ2v) is 7.24. The Hall–Kier alpha value is -2.14.